The molecular weight excluding hydrogens is 330 g/mol. The van der Waals surface area contributed by atoms with Crippen molar-refractivity contribution in [3.05, 3.63) is 29.3 Å². The Morgan fingerprint density at radius 2 is 1.81 bits per heavy atom. The molecule has 1 saturated heterocycles. The Morgan fingerprint density at radius 1 is 1.08 bits per heavy atom. The predicted octanol–water partition coefficient (Wildman–Crippen LogP) is 1.97. The first-order valence-corrected chi connectivity index (χ1v) is 9.54. The summed E-state index contributed by atoms with van der Waals surface area (Å²) in [6.45, 7) is 4.74. The molecule has 0 bridgehead atoms. The Morgan fingerprint density at radius 3 is 2.54 bits per heavy atom. The molecule has 1 aromatic carbocycles. The lowest BCUT2D eigenvalue weighted by atomic mass is 10.1. The lowest BCUT2D eigenvalue weighted by molar-refractivity contribution is -0.133. The molecule has 0 unspecified atom stereocenters. The first-order chi connectivity index (χ1) is 12.6. The van der Waals surface area contributed by atoms with Crippen LogP contribution in [0.25, 0.3) is 0 Å². The Balaban J connectivity index is 1.55. The smallest absolute Gasteiger partial charge is 0.228 e. The van der Waals surface area contributed by atoms with Crippen LogP contribution >= 0.6 is 0 Å². The number of hydrogen-bond donors (Lipinski definition) is 1. The number of unbranched alkanes of at least 4 members (excludes halogenated alkanes) is 1. The van der Waals surface area contributed by atoms with Crippen molar-refractivity contribution in [1.29, 1.82) is 0 Å². The summed E-state index contributed by atoms with van der Waals surface area (Å²) in [6.07, 6.45) is 4.10. The zero-order chi connectivity index (χ0) is 18.5. The van der Waals surface area contributed by atoms with Gasteiger partial charge in [-0.15, -0.1) is 0 Å². The van der Waals surface area contributed by atoms with E-state index in [0.717, 1.165) is 42.6 Å². The molecule has 26 heavy (non-hydrogen) atoms. The van der Waals surface area contributed by atoms with Crippen molar-refractivity contribution in [3.63, 3.8) is 0 Å². The summed E-state index contributed by atoms with van der Waals surface area (Å²) >= 11 is 0. The molecule has 2 aliphatic rings. The lowest BCUT2D eigenvalue weighted by Crippen LogP contribution is -2.37. The van der Waals surface area contributed by atoms with E-state index in [-0.39, 0.29) is 17.7 Å². The molecule has 3 rings (SSSR count). The molecule has 0 spiro atoms. The molecule has 1 fully saturated rings. The number of amides is 3. The summed E-state index contributed by atoms with van der Waals surface area (Å²) in [7, 11) is 0. The van der Waals surface area contributed by atoms with Gasteiger partial charge in [0.1, 0.15) is 0 Å². The number of benzene rings is 1. The summed E-state index contributed by atoms with van der Waals surface area (Å²) in [4.78, 5) is 40.1. The van der Waals surface area contributed by atoms with Crippen LogP contribution in [0.2, 0.25) is 0 Å². The largest absolute Gasteiger partial charge is 0.341 e. The van der Waals surface area contributed by atoms with Gasteiger partial charge in [-0.3, -0.25) is 14.4 Å². The van der Waals surface area contributed by atoms with Crippen LogP contribution in [-0.4, -0.2) is 53.7 Å². The van der Waals surface area contributed by atoms with Crippen molar-refractivity contribution < 1.29 is 14.4 Å². The summed E-state index contributed by atoms with van der Waals surface area (Å²) in [6, 6.07) is 5.73. The maximum absolute atomic E-state index is 12.7. The topological polar surface area (TPSA) is 69.7 Å². The van der Waals surface area contributed by atoms with Gasteiger partial charge in [0, 0.05) is 38.3 Å². The van der Waals surface area contributed by atoms with Crippen LogP contribution < -0.4 is 5.32 Å². The number of hydrogen-bond acceptors (Lipinski definition) is 3. The van der Waals surface area contributed by atoms with Crippen molar-refractivity contribution in [1.82, 2.24) is 9.80 Å². The fourth-order valence-corrected chi connectivity index (χ4v) is 3.58. The van der Waals surface area contributed by atoms with Gasteiger partial charge in [-0.2, -0.15) is 0 Å². The molecule has 140 valence electrons. The van der Waals surface area contributed by atoms with Gasteiger partial charge in [-0.25, -0.2) is 0 Å². The Bertz CT molecular complexity index is 702. The van der Waals surface area contributed by atoms with Gasteiger partial charge in [-0.05, 0) is 30.0 Å². The molecule has 2 aliphatic heterocycles. The van der Waals surface area contributed by atoms with Gasteiger partial charge in [0.15, 0.2) is 0 Å². The number of carbonyl (C=O) groups is 3. The van der Waals surface area contributed by atoms with Gasteiger partial charge in [0.05, 0.1) is 12.8 Å². The van der Waals surface area contributed by atoms with Gasteiger partial charge >= 0.3 is 0 Å². The van der Waals surface area contributed by atoms with E-state index in [1.807, 2.05) is 28.0 Å². The highest BCUT2D eigenvalue weighted by Gasteiger charge is 2.23. The van der Waals surface area contributed by atoms with E-state index in [1.165, 1.54) is 0 Å². The van der Waals surface area contributed by atoms with E-state index in [4.69, 9.17) is 0 Å². The molecular formula is C20H27N3O3. The van der Waals surface area contributed by atoms with Crippen LogP contribution in [0.3, 0.4) is 0 Å². The second-order valence-electron chi connectivity index (χ2n) is 7.11. The van der Waals surface area contributed by atoms with Crippen molar-refractivity contribution in [3.8, 4) is 0 Å². The SMILES string of the molecule is CCCCC(=O)N1CCCN(C(=O)Cc2ccc3c(c2)CC(=O)N3)CC1. The Hall–Kier alpha value is -2.37. The van der Waals surface area contributed by atoms with Gasteiger partial charge in [0.2, 0.25) is 17.7 Å². The van der Waals surface area contributed by atoms with E-state index >= 15 is 0 Å². The highest BCUT2D eigenvalue weighted by molar-refractivity contribution is 5.99. The van der Waals surface area contributed by atoms with Crippen LogP contribution in [0.1, 0.15) is 43.7 Å². The number of nitrogens with one attached hydrogen (secondary N) is 1. The lowest BCUT2D eigenvalue weighted by Gasteiger charge is -2.22. The molecule has 3 amide bonds. The van der Waals surface area contributed by atoms with E-state index < -0.39 is 0 Å². The third-order valence-electron chi connectivity index (χ3n) is 5.10. The van der Waals surface area contributed by atoms with Crippen LogP contribution in [-0.2, 0) is 27.2 Å². The monoisotopic (exact) mass is 357 g/mol. The first kappa shape index (κ1) is 18.4. The molecule has 0 aliphatic carbocycles. The minimum Gasteiger partial charge on any atom is -0.341 e. The van der Waals surface area contributed by atoms with Crippen LogP contribution in [0.5, 0.6) is 0 Å². The maximum Gasteiger partial charge on any atom is 0.228 e. The molecule has 0 aromatic heterocycles. The third kappa shape index (κ3) is 4.42. The summed E-state index contributed by atoms with van der Waals surface area (Å²) < 4.78 is 0. The van der Waals surface area contributed by atoms with Gasteiger partial charge in [0.25, 0.3) is 0 Å². The van der Waals surface area contributed by atoms with Crippen molar-refractivity contribution in [2.24, 2.45) is 0 Å². The van der Waals surface area contributed by atoms with Crippen LogP contribution in [0.15, 0.2) is 18.2 Å². The fourth-order valence-electron chi connectivity index (χ4n) is 3.58. The van der Waals surface area contributed by atoms with Crippen molar-refractivity contribution in [2.45, 2.75) is 45.4 Å². The summed E-state index contributed by atoms with van der Waals surface area (Å²) in [5.41, 5.74) is 2.75. The van der Waals surface area contributed by atoms with Crippen molar-refractivity contribution in [2.75, 3.05) is 31.5 Å². The molecule has 0 atom stereocenters. The van der Waals surface area contributed by atoms with E-state index in [2.05, 4.69) is 12.2 Å². The fraction of sp³-hybridized carbons (Fsp3) is 0.550. The maximum atomic E-state index is 12.7. The zero-order valence-corrected chi connectivity index (χ0v) is 15.4. The normalized spacial score (nSPS) is 16.9. The summed E-state index contributed by atoms with van der Waals surface area (Å²) in [5.74, 6) is 0.297. The van der Waals surface area contributed by atoms with E-state index in [9.17, 15) is 14.4 Å². The molecule has 6 nitrogen and oxygen atoms in total. The van der Waals surface area contributed by atoms with E-state index in [1.54, 1.807) is 0 Å². The standard InChI is InChI=1S/C20H27N3O3/c1-2-3-5-19(25)22-8-4-9-23(11-10-22)20(26)13-15-6-7-17-16(12-15)14-18(24)21-17/h6-7,12H,2-5,8-11,13-14H2,1H3,(H,21,24). The average Bonchev–Trinajstić information content (AvgIpc) is 2.82. The number of rotatable bonds is 5. The predicted molar refractivity (Wildman–Crippen MR) is 99.8 cm³/mol. The third-order valence-corrected chi connectivity index (χ3v) is 5.10. The minimum atomic E-state index is 0.00354. The number of anilines is 1. The zero-order valence-electron chi connectivity index (χ0n) is 15.4. The number of nitrogens with zero attached hydrogens (tertiary/aromatic N) is 2. The van der Waals surface area contributed by atoms with Gasteiger partial charge in [-0.1, -0.05) is 25.5 Å². The molecule has 0 saturated carbocycles. The first-order valence-electron chi connectivity index (χ1n) is 9.54. The summed E-state index contributed by atoms with van der Waals surface area (Å²) in [5, 5.41) is 2.81. The Kier molecular flexibility index (Phi) is 5.91. The molecule has 0 radical (unpaired) electrons. The van der Waals surface area contributed by atoms with Gasteiger partial charge < -0.3 is 15.1 Å². The minimum absolute atomic E-state index is 0.00354. The highest BCUT2D eigenvalue weighted by atomic mass is 16.2. The second-order valence-corrected chi connectivity index (χ2v) is 7.11. The quantitative estimate of drug-likeness (QED) is 0.876. The molecule has 1 aromatic rings. The molecule has 1 N–H and O–H groups in total. The highest BCUT2D eigenvalue weighted by Crippen LogP contribution is 2.24. The van der Waals surface area contributed by atoms with E-state index in [0.29, 0.717) is 38.9 Å². The van der Waals surface area contributed by atoms with Crippen LogP contribution in [0, 0.1) is 0 Å². The number of fused-ring (bicyclic) bond motifs is 1. The second kappa shape index (κ2) is 8.34. The Labute approximate surface area is 154 Å². The molecule has 6 heteroatoms. The number of carbonyl (C=O) groups excluding carboxylic acids is 3. The average molecular weight is 357 g/mol. The molecule has 2 heterocycles. The van der Waals surface area contributed by atoms with Crippen molar-refractivity contribution >= 4 is 23.4 Å². The van der Waals surface area contributed by atoms with Crippen LogP contribution in [0.4, 0.5) is 5.69 Å².